The largest absolute Gasteiger partial charge is 0.496 e. The van der Waals surface area contributed by atoms with Crippen LogP contribution in [0.5, 0.6) is 5.75 Å². The van der Waals surface area contributed by atoms with Crippen LogP contribution in [0.15, 0.2) is 24.3 Å². The second-order valence-corrected chi connectivity index (χ2v) is 8.77. The number of methoxy groups -OCH3 is 1. The van der Waals surface area contributed by atoms with Gasteiger partial charge in [-0.05, 0) is 6.07 Å². The summed E-state index contributed by atoms with van der Waals surface area (Å²) in [5.41, 5.74) is 0.899. The molecule has 2 aliphatic heterocycles. The van der Waals surface area contributed by atoms with Gasteiger partial charge < -0.3 is 14.5 Å². The van der Waals surface area contributed by atoms with E-state index in [1.165, 1.54) is 0 Å². The molecule has 7 nitrogen and oxygen atoms in total. The minimum absolute atomic E-state index is 0.00430. The van der Waals surface area contributed by atoms with Gasteiger partial charge in [0.1, 0.15) is 5.75 Å². The lowest BCUT2D eigenvalue weighted by atomic mass is 10.1. The van der Waals surface area contributed by atoms with Gasteiger partial charge in [-0.1, -0.05) is 18.2 Å². The number of likely N-dealkylation sites (tertiary alicyclic amines) is 1. The fourth-order valence-electron chi connectivity index (χ4n) is 3.32. The molecule has 8 heteroatoms. The Morgan fingerprint density at radius 1 is 1.24 bits per heavy atom. The number of sulfone groups is 1. The van der Waals surface area contributed by atoms with Crippen LogP contribution < -0.4 is 4.74 Å². The Morgan fingerprint density at radius 2 is 1.92 bits per heavy atom. The molecule has 2 aliphatic rings. The molecule has 25 heavy (non-hydrogen) atoms. The summed E-state index contributed by atoms with van der Waals surface area (Å²) in [6.45, 7) is 1.21. The van der Waals surface area contributed by atoms with Gasteiger partial charge in [-0.2, -0.15) is 0 Å². The third-order valence-electron chi connectivity index (χ3n) is 4.77. The molecule has 0 spiro atoms. The normalized spacial score (nSPS) is 22.9. The maximum atomic E-state index is 12.6. The van der Waals surface area contributed by atoms with Gasteiger partial charge >= 0.3 is 0 Å². The molecule has 1 atom stereocenters. The van der Waals surface area contributed by atoms with Crippen molar-refractivity contribution in [3.63, 3.8) is 0 Å². The molecule has 0 N–H and O–H groups in total. The number of para-hydroxylation sites is 1. The first-order valence-corrected chi connectivity index (χ1v) is 10.1. The first kappa shape index (κ1) is 17.7. The fraction of sp³-hybridized carbons (Fsp3) is 0.529. The third-order valence-corrected chi connectivity index (χ3v) is 6.38. The van der Waals surface area contributed by atoms with Gasteiger partial charge in [0.15, 0.2) is 9.84 Å². The quantitative estimate of drug-likeness (QED) is 0.765. The van der Waals surface area contributed by atoms with E-state index in [4.69, 9.17) is 4.74 Å². The minimum atomic E-state index is -3.03. The number of rotatable bonds is 4. The molecular formula is C17H22N2O5S. The lowest BCUT2D eigenvalue weighted by molar-refractivity contribution is -0.135. The zero-order chi connectivity index (χ0) is 18.0. The maximum Gasteiger partial charge on any atom is 0.228 e. The van der Waals surface area contributed by atoms with E-state index in [0.29, 0.717) is 18.8 Å². The molecule has 0 saturated carbocycles. The van der Waals surface area contributed by atoms with Gasteiger partial charge in [0, 0.05) is 38.2 Å². The highest BCUT2D eigenvalue weighted by Crippen LogP contribution is 2.26. The van der Waals surface area contributed by atoms with Gasteiger partial charge in [0.05, 0.1) is 24.5 Å². The van der Waals surface area contributed by atoms with Crippen molar-refractivity contribution in [2.75, 3.05) is 38.2 Å². The molecule has 136 valence electrons. The Kier molecular flexibility index (Phi) is 4.99. The lowest BCUT2D eigenvalue weighted by Gasteiger charge is -2.29. The number of carbonyl (C=O) groups is 2. The van der Waals surface area contributed by atoms with Crippen LogP contribution >= 0.6 is 0 Å². The van der Waals surface area contributed by atoms with E-state index in [1.807, 2.05) is 24.3 Å². The second kappa shape index (κ2) is 7.03. The summed E-state index contributed by atoms with van der Waals surface area (Å²) in [6, 6.07) is 7.49. The monoisotopic (exact) mass is 366 g/mol. The van der Waals surface area contributed by atoms with Crippen molar-refractivity contribution in [1.82, 2.24) is 9.80 Å². The average Bonchev–Trinajstić information content (AvgIpc) is 2.95. The average molecular weight is 366 g/mol. The van der Waals surface area contributed by atoms with Crippen molar-refractivity contribution in [3.8, 4) is 5.75 Å². The van der Waals surface area contributed by atoms with Crippen LogP contribution in [0.25, 0.3) is 0 Å². The topological polar surface area (TPSA) is 84.0 Å². The van der Waals surface area contributed by atoms with Crippen LogP contribution in [0.1, 0.15) is 12.0 Å². The van der Waals surface area contributed by atoms with Crippen LogP contribution in [0.3, 0.4) is 0 Å². The number of carbonyl (C=O) groups excluding carboxylic acids is 2. The number of benzene rings is 1. The van der Waals surface area contributed by atoms with Gasteiger partial charge in [-0.25, -0.2) is 8.42 Å². The van der Waals surface area contributed by atoms with Crippen LogP contribution in [-0.2, 0) is 26.0 Å². The summed E-state index contributed by atoms with van der Waals surface area (Å²) in [5.74, 6) is 0.142. The van der Waals surface area contributed by atoms with Gasteiger partial charge in [0.2, 0.25) is 11.8 Å². The van der Waals surface area contributed by atoms with Crippen molar-refractivity contribution < 1.29 is 22.7 Å². The molecule has 2 fully saturated rings. The van der Waals surface area contributed by atoms with E-state index >= 15 is 0 Å². The zero-order valence-electron chi connectivity index (χ0n) is 14.2. The number of amides is 2. The van der Waals surface area contributed by atoms with Crippen molar-refractivity contribution in [2.24, 2.45) is 5.92 Å². The summed E-state index contributed by atoms with van der Waals surface area (Å²) in [6.07, 6.45) is 0.178. The van der Waals surface area contributed by atoms with Gasteiger partial charge in [-0.3, -0.25) is 9.59 Å². The predicted octanol–water partition coefficient (Wildman–Crippen LogP) is 0.301. The third kappa shape index (κ3) is 3.95. The van der Waals surface area contributed by atoms with Crippen LogP contribution in [-0.4, -0.2) is 68.3 Å². The van der Waals surface area contributed by atoms with Crippen LogP contribution in [0.2, 0.25) is 0 Å². The molecule has 0 unspecified atom stereocenters. The van der Waals surface area contributed by atoms with E-state index in [-0.39, 0.29) is 42.8 Å². The van der Waals surface area contributed by atoms with Crippen LogP contribution in [0, 0.1) is 5.92 Å². The zero-order valence-corrected chi connectivity index (χ0v) is 15.0. The van der Waals surface area contributed by atoms with E-state index in [0.717, 1.165) is 5.56 Å². The van der Waals surface area contributed by atoms with Crippen LogP contribution in [0.4, 0.5) is 0 Å². The van der Waals surface area contributed by atoms with E-state index in [2.05, 4.69) is 0 Å². The summed E-state index contributed by atoms with van der Waals surface area (Å²) in [4.78, 5) is 28.1. The predicted molar refractivity (Wildman–Crippen MR) is 91.8 cm³/mol. The lowest BCUT2D eigenvalue weighted by Crippen LogP contribution is -2.46. The number of ether oxygens (including phenoxy) is 1. The van der Waals surface area contributed by atoms with Gasteiger partial charge in [-0.15, -0.1) is 0 Å². The van der Waals surface area contributed by atoms with Gasteiger partial charge in [0.25, 0.3) is 0 Å². The van der Waals surface area contributed by atoms with Crippen molar-refractivity contribution in [3.05, 3.63) is 29.8 Å². The molecule has 0 aliphatic carbocycles. The van der Waals surface area contributed by atoms with E-state index in [9.17, 15) is 18.0 Å². The highest BCUT2D eigenvalue weighted by atomic mass is 32.2. The Balaban J connectivity index is 1.63. The molecule has 3 rings (SSSR count). The number of hydrogen-bond donors (Lipinski definition) is 0. The van der Waals surface area contributed by atoms with Crippen molar-refractivity contribution in [1.29, 1.82) is 0 Å². The SMILES string of the molecule is COc1ccccc1CN1C[C@H](C(=O)N2CCS(=O)(=O)CC2)CC1=O. The molecule has 0 bridgehead atoms. The Bertz CT molecular complexity index is 763. The molecule has 0 radical (unpaired) electrons. The summed E-state index contributed by atoms with van der Waals surface area (Å²) in [5, 5.41) is 0. The van der Waals surface area contributed by atoms with E-state index in [1.54, 1.807) is 16.9 Å². The standard InChI is InChI=1S/C17H22N2O5S/c1-24-15-5-3-2-4-13(15)11-19-12-14(10-16(19)20)17(21)18-6-8-25(22,23)9-7-18/h2-5,14H,6-12H2,1H3/t14-/m1/s1. The highest BCUT2D eigenvalue weighted by Gasteiger charge is 2.38. The fourth-order valence-corrected chi connectivity index (χ4v) is 4.52. The Labute approximate surface area is 147 Å². The number of hydrogen-bond acceptors (Lipinski definition) is 5. The molecule has 0 aromatic heterocycles. The minimum Gasteiger partial charge on any atom is -0.496 e. The van der Waals surface area contributed by atoms with Crippen molar-refractivity contribution >= 4 is 21.7 Å². The highest BCUT2D eigenvalue weighted by molar-refractivity contribution is 7.91. The Morgan fingerprint density at radius 3 is 2.60 bits per heavy atom. The molecule has 1 aromatic rings. The molecule has 2 heterocycles. The smallest absolute Gasteiger partial charge is 0.228 e. The molecular weight excluding hydrogens is 344 g/mol. The second-order valence-electron chi connectivity index (χ2n) is 6.46. The molecule has 2 amide bonds. The Hall–Kier alpha value is -2.09. The molecule has 2 saturated heterocycles. The first-order chi connectivity index (χ1) is 11.9. The number of nitrogens with zero attached hydrogens (tertiary/aromatic N) is 2. The summed E-state index contributed by atoms with van der Waals surface area (Å²) >= 11 is 0. The summed E-state index contributed by atoms with van der Waals surface area (Å²) < 4.78 is 28.3. The summed E-state index contributed by atoms with van der Waals surface area (Å²) in [7, 11) is -1.44. The first-order valence-electron chi connectivity index (χ1n) is 8.28. The maximum absolute atomic E-state index is 12.6. The molecule has 1 aromatic carbocycles. The van der Waals surface area contributed by atoms with E-state index < -0.39 is 15.8 Å². The van der Waals surface area contributed by atoms with Crippen molar-refractivity contribution in [2.45, 2.75) is 13.0 Å².